The molecular weight excluding hydrogens is 420 g/mol. The number of benzene rings is 1. The second-order valence-corrected chi connectivity index (χ2v) is 6.83. The molecule has 2 rings (SSSR count). The normalized spacial score (nSPS) is 10.0. The van der Waals surface area contributed by atoms with Crippen molar-refractivity contribution in [3.63, 3.8) is 0 Å². The molecule has 0 bridgehead atoms. The van der Waals surface area contributed by atoms with Gasteiger partial charge in [-0.1, -0.05) is 15.9 Å². The Bertz CT molecular complexity index is 722. The summed E-state index contributed by atoms with van der Waals surface area (Å²) in [4.78, 5) is 12.9. The summed E-state index contributed by atoms with van der Waals surface area (Å²) in [5, 5.41) is 13.8. The number of anilines is 1. The van der Waals surface area contributed by atoms with Crippen molar-refractivity contribution in [1.82, 2.24) is 0 Å². The molecule has 0 fully saturated rings. The van der Waals surface area contributed by atoms with Crippen molar-refractivity contribution in [3.05, 3.63) is 48.5 Å². The highest BCUT2D eigenvalue weighted by molar-refractivity contribution is 9.11. The van der Waals surface area contributed by atoms with E-state index in [0.29, 0.717) is 23.4 Å². The highest BCUT2D eigenvalue weighted by Crippen LogP contribution is 2.32. The first-order valence-electron chi connectivity index (χ1n) is 5.84. The lowest BCUT2D eigenvalue weighted by molar-refractivity contribution is 0.0601. The van der Waals surface area contributed by atoms with E-state index in [1.807, 2.05) is 12.1 Å². The van der Waals surface area contributed by atoms with E-state index in [1.54, 1.807) is 11.4 Å². The van der Waals surface area contributed by atoms with Crippen LogP contribution in [-0.2, 0) is 11.3 Å². The standard InChI is InChI=1S/C14H10Br2N2O2S/c1-20-14(19)11-3-9(15)4-12(16)13(11)18-6-10-2-8(5-17)7-21-10/h2-4,7,18H,6H2,1H3. The predicted molar refractivity (Wildman–Crippen MR) is 89.5 cm³/mol. The molecule has 0 radical (unpaired) electrons. The van der Waals surface area contributed by atoms with Crippen LogP contribution >= 0.6 is 43.2 Å². The van der Waals surface area contributed by atoms with Crippen LogP contribution in [0, 0.1) is 11.3 Å². The number of methoxy groups -OCH3 is 1. The van der Waals surface area contributed by atoms with Crippen LogP contribution in [0.25, 0.3) is 0 Å². The van der Waals surface area contributed by atoms with Crippen molar-refractivity contribution in [2.24, 2.45) is 0 Å². The van der Waals surface area contributed by atoms with Gasteiger partial charge < -0.3 is 10.1 Å². The summed E-state index contributed by atoms with van der Waals surface area (Å²) < 4.78 is 6.34. The molecule has 1 aromatic carbocycles. The van der Waals surface area contributed by atoms with E-state index in [-0.39, 0.29) is 0 Å². The minimum Gasteiger partial charge on any atom is -0.465 e. The number of hydrogen-bond acceptors (Lipinski definition) is 5. The van der Waals surface area contributed by atoms with Gasteiger partial charge in [0.1, 0.15) is 6.07 Å². The minimum atomic E-state index is -0.414. The zero-order valence-corrected chi connectivity index (χ0v) is 14.9. The summed E-state index contributed by atoms with van der Waals surface area (Å²) in [5.74, 6) is -0.414. The second-order valence-electron chi connectivity index (χ2n) is 4.07. The molecule has 0 amide bonds. The van der Waals surface area contributed by atoms with E-state index in [0.717, 1.165) is 13.8 Å². The largest absolute Gasteiger partial charge is 0.465 e. The molecule has 7 heteroatoms. The zero-order valence-electron chi connectivity index (χ0n) is 10.9. The van der Waals surface area contributed by atoms with Crippen LogP contribution < -0.4 is 5.32 Å². The molecule has 1 heterocycles. The quantitative estimate of drug-likeness (QED) is 0.724. The van der Waals surface area contributed by atoms with Crippen molar-refractivity contribution in [2.75, 3.05) is 12.4 Å². The topological polar surface area (TPSA) is 62.1 Å². The Hall–Kier alpha value is -1.36. The van der Waals surface area contributed by atoms with Crippen molar-refractivity contribution in [2.45, 2.75) is 6.54 Å². The van der Waals surface area contributed by atoms with Crippen LogP contribution in [0.4, 0.5) is 5.69 Å². The molecule has 0 atom stereocenters. The van der Waals surface area contributed by atoms with Gasteiger partial charge in [-0.05, 0) is 34.1 Å². The van der Waals surface area contributed by atoms with E-state index >= 15 is 0 Å². The fourth-order valence-electron chi connectivity index (χ4n) is 1.73. The molecule has 0 saturated carbocycles. The van der Waals surface area contributed by atoms with Crippen LogP contribution in [0.5, 0.6) is 0 Å². The molecule has 108 valence electrons. The van der Waals surface area contributed by atoms with Crippen LogP contribution in [0.1, 0.15) is 20.8 Å². The van der Waals surface area contributed by atoms with Crippen molar-refractivity contribution in [3.8, 4) is 6.07 Å². The van der Waals surface area contributed by atoms with Gasteiger partial charge in [-0.25, -0.2) is 4.79 Å². The van der Waals surface area contributed by atoms with Crippen LogP contribution in [-0.4, -0.2) is 13.1 Å². The summed E-state index contributed by atoms with van der Waals surface area (Å²) in [7, 11) is 1.35. The number of carbonyl (C=O) groups is 1. The van der Waals surface area contributed by atoms with Gasteiger partial charge in [-0.3, -0.25) is 0 Å². The molecule has 0 unspecified atom stereocenters. The number of hydrogen-bond donors (Lipinski definition) is 1. The van der Waals surface area contributed by atoms with Gasteiger partial charge in [0.15, 0.2) is 0 Å². The molecule has 0 saturated heterocycles. The van der Waals surface area contributed by atoms with Gasteiger partial charge >= 0.3 is 5.97 Å². The Labute approximate surface area is 143 Å². The Morgan fingerprint density at radius 3 is 2.81 bits per heavy atom. The van der Waals surface area contributed by atoms with Crippen LogP contribution in [0.2, 0.25) is 0 Å². The third kappa shape index (κ3) is 3.84. The fourth-order valence-corrected chi connectivity index (χ4v) is 3.85. The summed E-state index contributed by atoms with van der Waals surface area (Å²) in [6, 6.07) is 7.47. The Balaban J connectivity index is 2.26. The first-order valence-corrected chi connectivity index (χ1v) is 8.30. The maximum atomic E-state index is 11.9. The summed E-state index contributed by atoms with van der Waals surface area (Å²) >= 11 is 8.29. The molecule has 1 aromatic heterocycles. The van der Waals surface area contributed by atoms with Crippen molar-refractivity contribution in [1.29, 1.82) is 5.26 Å². The number of halogens is 2. The van der Waals surface area contributed by atoms with Gasteiger partial charge in [0.2, 0.25) is 0 Å². The van der Waals surface area contributed by atoms with Gasteiger partial charge in [0.25, 0.3) is 0 Å². The lowest BCUT2D eigenvalue weighted by atomic mass is 10.1. The number of nitriles is 1. The van der Waals surface area contributed by atoms with Crippen LogP contribution in [0.15, 0.2) is 32.5 Å². The SMILES string of the molecule is COC(=O)c1cc(Br)cc(Br)c1NCc1cc(C#N)cs1. The molecule has 4 nitrogen and oxygen atoms in total. The average molecular weight is 430 g/mol. The summed E-state index contributed by atoms with van der Waals surface area (Å²) in [6.07, 6.45) is 0. The van der Waals surface area contributed by atoms with Crippen molar-refractivity contribution < 1.29 is 9.53 Å². The molecule has 1 N–H and O–H groups in total. The molecular formula is C14H10Br2N2O2S. The first kappa shape index (κ1) is 16.0. The molecule has 2 aromatic rings. The smallest absolute Gasteiger partial charge is 0.340 e. The average Bonchev–Trinajstić information content (AvgIpc) is 2.92. The third-order valence-electron chi connectivity index (χ3n) is 2.68. The zero-order chi connectivity index (χ0) is 15.4. The number of nitrogens with zero attached hydrogens (tertiary/aromatic N) is 1. The van der Waals surface area contributed by atoms with E-state index < -0.39 is 5.97 Å². The lowest BCUT2D eigenvalue weighted by Gasteiger charge is -2.13. The molecule has 0 aliphatic heterocycles. The number of esters is 1. The second kappa shape index (κ2) is 7.07. The Morgan fingerprint density at radius 2 is 2.19 bits per heavy atom. The van der Waals surface area contributed by atoms with Gasteiger partial charge in [0, 0.05) is 25.7 Å². The predicted octanol–water partition coefficient (Wildman–Crippen LogP) is 4.54. The maximum absolute atomic E-state index is 11.9. The van der Waals surface area contributed by atoms with Crippen LogP contribution in [0.3, 0.4) is 0 Å². The van der Waals surface area contributed by atoms with Gasteiger partial charge in [-0.15, -0.1) is 11.3 Å². The minimum absolute atomic E-state index is 0.414. The number of nitrogens with one attached hydrogen (secondary N) is 1. The first-order chi connectivity index (χ1) is 10.0. The summed E-state index contributed by atoms with van der Waals surface area (Å²) in [6.45, 7) is 0.524. The van der Waals surface area contributed by atoms with E-state index in [4.69, 9.17) is 10.00 Å². The van der Waals surface area contributed by atoms with E-state index in [9.17, 15) is 4.79 Å². The number of carbonyl (C=O) groups excluding carboxylic acids is 1. The third-order valence-corrected chi connectivity index (χ3v) is 4.70. The lowest BCUT2D eigenvalue weighted by Crippen LogP contribution is -2.08. The highest BCUT2D eigenvalue weighted by Gasteiger charge is 2.16. The summed E-state index contributed by atoms with van der Waals surface area (Å²) in [5.41, 5.74) is 1.74. The van der Waals surface area contributed by atoms with Gasteiger partial charge in [-0.2, -0.15) is 5.26 Å². The monoisotopic (exact) mass is 428 g/mol. The molecule has 21 heavy (non-hydrogen) atoms. The fraction of sp³-hybridized carbons (Fsp3) is 0.143. The maximum Gasteiger partial charge on any atom is 0.340 e. The van der Waals surface area contributed by atoms with E-state index in [1.165, 1.54) is 18.4 Å². The Kier molecular flexibility index (Phi) is 5.39. The number of rotatable bonds is 4. The van der Waals surface area contributed by atoms with E-state index in [2.05, 4.69) is 43.2 Å². The number of thiophene rings is 1. The van der Waals surface area contributed by atoms with Crippen molar-refractivity contribution >= 4 is 54.9 Å². The van der Waals surface area contributed by atoms with Gasteiger partial charge in [0.05, 0.1) is 23.9 Å². The molecule has 0 aliphatic carbocycles. The Morgan fingerprint density at radius 1 is 1.43 bits per heavy atom. The molecule has 0 spiro atoms. The molecule has 0 aliphatic rings. The number of ether oxygens (including phenoxy) is 1. The highest BCUT2D eigenvalue weighted by atomic mass is 79.9.